The summed E-state index contributed by atoms with van der Waals surface area (Å²) in [7, 11) is -3.66. The van der Waals surface area contributed by atoms with E-state index in [-0.39, 0.29) is 4.90 Å². The van der Waals surface area contributed by atoms with Gasteiger partial charge in [0.25, 0.3) is 10.0 Å². The minimum absolute atomic E-state index is 0.227. The first-order chi connectivity index (χ1) is 15.5. The predicted molar refractivity (Wildman–Crippen MR) is 121 cm³/mol. The summed E-state index contributed by atoms with van der Waals surface area (Å²) in [4.78, 5) is 4.26. The molecule has 3 aromatic heterocycles. The van der Waals surface area contributed by atoms with Gasteiger partial charge >= 0.3 is 0 Å². The maximum Gasteiger partial charge on any atom is 0.261 e. The first kappa shape index (κ1) is 19.8. The molecule has 2 aromatic carbocycles. The number of aromatic nitrogens is 5. The maximum atomic E-state index is 12.7. The lowest BCUT2D eigenvalue weighted by Crippen LogP contribution is -2.12. The molecule has 32 heavy (non-hydrogen) atoms. The Morgan fingerprint density at radius 1 is 0.844 bits per heavy atom. The molecule has 158 valence electrons. The van der Waals surface area contributed by atoms with Gasteiger partial charge in [0.1, 0.15) is 0 Å². The van der Waals surface area contributed by atoms with E-state index in [2.05, 4.69) is 25.0 Å². The lowest BCUT2D eigenvalue weighted by atomic mass is 10.1. The van der Waals surface area contributed by atoms with Gasteiger partial charge in [-0.3, -0.25) is 9.71 Å². The largest absolute Gasteiger partial charge is 0.280 e. The standard InChI is InChI=1S/C23H18N6O2S/c1-16-3-2-4-20(15-16)32(30,31)28-19-7-5-17(6-8-19)21-9-10-22-25-26-23(29(22)27-21)18-11-13-24-14-12-18/h2-15,28H,1H3. The van der Waals surface area contributed by atoms with Crippen LogP contribution < -0.4 is 4.72 Å². The molecule has 9 heteroatoms. The molecule has 0 aliphatic heterocycles. The lowest BCUT2D eigenvalue weighted by Gasteiger charge is -2.09. The van der Waals surface area contributed by atoms with Gasteiger partial charge in [0, 0.05) is 29.2 Å². The monoisotopic (exact) mass is 442 g/mol. The van der Waals surface area contributed by atoms with Crippen molar-refractivity contribution in [1.82, 2.24) is 24.8 Å². The van der Waals surface area contributed by atoms with E-state index in [1.807, 2.05) is 49.4 Å². The minimum atomic E-state index is -3.66. The Morgan fingerprint density at radius 3 is 2.38 bits per heavy atom. The summed E-state index contributed by atoms with van der Waals surface area (Å²) < 4.78 is 29.6. The van der Waals surface area contributed by atoms with Crippen LogP contribution in [0.5, 0.6) is 0 Å². The normalized spacial score (nSPS) is 11.5. The molecule has 0 unspecified atom stereocenters. The molecule has 0 bridgehead atoms. The van der Waals surface area contributed by atoms with E-state index in [1.165, 1.54) is 0 Å². The second-order valence-corrected chi connectivity index (χ2v) is 8.93. The number of nitrogens with zero attached hydrogens (tertiary/aromatic N) is 5. The molecule has 0 saturated carbocycles. The number of benzene rings is 2. The average molecular weight is 443 g/mol. The Hall–Kier alpha value is -4.11. The van der Waals surface area contributed by atoms with Gasteiger partial charge in [0.05, 0.1) is 10.6 Å². The molecule has 0 atom stereocenters. The molecule has 0 saturated heterocycles. The Bertz CT molecular complexity index is 1510. The summed E-state index contributed by atoms with van der Waals surface area (Å²) in [6, 6.07) is 21.2. The highest BCUT2D eigenvalue weighted by Crippen LogP contribution is 2.24. The van der Waals surface area contributed by atoms with Crippen molar-refractivity contribution in [3.63, 3.8) is 0 Å². The average Bonchev–Trinajstić information content (AvgIpc) is 3.23. The number of nitrogens with one attached hydrogen (secondary N) is 1. The zero-order valence-corrected chi connectivity index (χ0v) is 17.9. The Labute approximate surface area is 184 Å². The second kappa shape index (κ2) is 7.86. The summed E-state index contributed by atoms with van der Waals surface area (Å²) in [5, 5.41) is 13.1. The smallest absolute Gasteiger partial charge is 0.261 e. The van der Waals surface area contributed by atoms with E-state index in [0.29, 0.717) is 22.9 Å². The van der Waals surface area contributed by atoms with Crippen molar-refractivity contribution in [3.05, 3.63) is 90.8 Å². The molecule has 5 rings (SSSR count). The molecule has 0 amide bonds. The van der Waals surface area contributed by atoms with Crippen LogP contribution in [-0.4, -0.2) is 33.2 Å². The third-order valence-corrected chi connectivity index (χ3v) is 6.31. The lowest BCUT2D eigenvalue weighted by molar-refractivity contribution is 0.601. The van der Waals surface area contributed by atoms with E-state index in [9.17, 15) is 8.42 Å². The van der Waals surface area contributed by atoms with Crippen LogP contribution in [0.1, 0.15) is 5.56 Å². The number of anilines is 1. The van der Waals surface area contributed by atoms with Gasteiger partial charge in [-0.15, -0.1) is 10.2 Å². The summed E-state index contributed by atoms with van der Waals surface area (Å²) in [6.45, 7) is 1.85. The van der Waals surface area contributed by atoms with Crippen molar-refractivity contribution in [2.75, 3.05) is 4.72 Å². The number of hydrogen-bond donors (Lipinski definition) is 1. The molecule has 1 N–H and O–H groups in total. The quantitative estimate of drug-likeness (QED) is 0.442. The van der Waals surface area contributed by atoms with Gasteiger partial charge in [-0.2, -0.15) is 9.61 Å². The number of sulfonamides is 1. The van der Waals surface area contributed by atoms with Crippen LogP contribution in [0.3, 0.4) is 0 Å². The zero-order valence-electron chi connectivity index (χ0n) is 17.0. The Balaban J connectivity index is 1.44. The highest BCUT2D eigenvalue weighted by atomic mass is 32.2. The molecular weight excluding hydrogens is 424 g/mol. The van der Waals surface area contributed by atoms with Crippen molar-refractivity contribution >= 4 is 21.4 Å². The van der Waals surface area contributed by atoms with Crippen LogP contribution in [0.2, 0.25) is 0 Å². The van der Waals surface area contributed by atoms with E-state index in [1.54, 1.807) is 47.2 Å². The van der Waals surface area contributed by atoms with Crippen LogP contribution in [-0.2, 0) is 10.0 Å². The third kappa shape index (κ3) is 3.81. The Kier molecular flexibility index (Phi) is 4.87. The number of fused-ring (bicyclic) bond motifs is 1. The van der Waals surface area contributed by atoms with Crippen LogP contribution in [0.15, 0.2) is 90.1 Å². The number of hydrogen-bond acceptors (Lipinski definition) is 6. The third-order valence-electron chi connectivity index (χ3n) is 4.93. The number of pyridine rings is 1. The summed E-state index contributed by atoms with van der Waals surface area (Å²) >= 11 is 0. The van der Waals surface area contributed by atoms with Crippen molar-refractivity contribution in [1.29, 1.82) is 0 Å². The zero-order chi connectivity index (χ0) is 22.1. The van der Waals surface area contributed by atoms with Gasteiger partial charge in [-0.1, -0.05) is 24.3 Å². The van der Waals surface area contributed by atoms with Crippen molar-refractivity contribution in [2.24, 2.45) is 0 Å². The summed E-state index contributed by atoms with van der Waals surface area (Å²) in [6.07, 6.45) is 3.38. The fourth-order valence-electron chi connectivity index (χ4n) is 3.33. The molecule has 0 spiro atoms. The minimum Gasteiger partial charge on any atom is -0.280 e. The SMILES string of the molecule is Cc1cccc(S(=O)(=O)Nc2ccc(-c3ccc4nnc(-c5ccncc5)n4n3)cc2)c1. The number of rotatable bonds is 5. The van der Waals surface area contributed by atoms with Gasteiger partial charge in [-0.05, 0) is 61.0 Å². The van der Waals surface area contributed by atoms with Crippen LogP contribution in [0, 0.1) is 6.92 Å². The van der Waals surface area contributed by atoms with E-state index < -0.39 is 10.0 Å². The molecule has 5 aromatic rings. The number of aryl methyl sites for hydroxylation is 1. The molecule has 8 nitrogen and oxygen atoms in total. The molecule has 0 fully saturated rings. The fraction of sp³-hybridized carbons (Fsp3) is 0.0435. The second-order valence-electron chi connectivity index (χ2n) is 7.25. The van der Waals surface area contributed by atoms with Gasteiger partial charge in [-0.25, -0.2) is 8.42 Å². The fourth-order valence-corrected chi connectivity index (χ4v) is 4.49. The molecule has 0 aliphatic carbocycles. The van der Waals surface area contributed by atoms with Crippen LogP contribution in [0.25, 0.3) is 28.3 Å². The summed E-state index contributed by atoms with van der Waals surface area (Å²) in [5.74, 6) is 0.617. The topological polar surface area (TPSA) is 102 Å². The van der Waals surface area contributed by atoms with E-state index in [4.69, 9.17) is 0 Å². The van der Waals surface area contributed by atoms with E-state index in [0.717, 1.165) is 16.7 Å². The van der Waals surface area contributed by atoms with Crippen molar-refractivity contribution in [2.45, 2.75) is 11.8 Å². The van der Waals surface area contributed by atoms with Crippen molar-refractivity contribution in [3.8, 4) is 22.6 Å². The van der Waals surface area contributed by atoms with E-state index >= 15 is 0 Å². The summed E-state index contributed by atoms with van der Waals surface area (Å²) in [5.41, 5.74) is 4.38. The van der Waals surface area contributed by atoms with Crippen LogP contribution >= 0.6 is 0 Å². The van der Waals surface area contributed by atoms with Crippen LogP contribution in [0.4, 0.5) is 5.69 Å². The van der Waals surface area contributed by atoms with Crippen molar-refractivity contribution < 1.29 is 8.42 Å². The van der Waals surface area contributed by atoms with Gasteiger partial charge < -0.3 is 0 Å². The molecule has 0 radical (unpaired) electrons. The highest BCUT2D eigenvalue weighted by Gasteiger charge is 2.15. The Morgan fingerprint density at radius 2 is 1.62 bits per heavy atom. The molecule has 0 aliphatic rings. The van der Waals surface area contributed by atoms with Gasteiger partial charge in [0.15, 0.2) is 11.5 Å². The van der Waals surface area contributed by atoms with Gasteiger partial charge in [0.2, 0.25) is 0 Å². The first-order valence-corrected chi connectivity index (χ1v) is 11.3. The maximum absolute atomic E-state index is 12.7. The highest BCUT2D eigenvalue weighted by molar-refractivity contribution is 7.92. The molecule has 3 heterocycles. The molecular formula is C23H18N6O2S. The predicted octanol–water partition coefficient (Wildman–Crippen LogP) is 3.96. The first-order valence-electron chi connectivity index (χ1n) is 9.82.